The average Bonchev–Trinajstić information content (AvgIpc) is 2.50. The summed E-state index contributed by atoms with van der Waals surface area (Å²) in [5.41, 5.74) is 5.01. The number of ether oxygens (including phenoxy) is 1. The first-order chi connectivity index (χ1) is 9.17. The lowest BCUT2D eigenvalue weighted by Gasteiger charge is -2.23. The largest absolute Gasteiger partial charge is 0.461 e. The summed E-state index contributed by atoms with van der Waals surface area (Å²) in [4.78, 5) is 11.9. The highest BCUT2D eigenvalue weighted by molar-refractivity contribution is 7.91. The van der Waals surface area contributed by atoms with Crippen LogP contribution in [0, 0.1) is 0 Å². The summed E-state index contributed by atoms with van der Waals surface area (Å²) in [6.07, 6.45) is 0.411. The standard InChI is InChI=1S/C11H19N5O3S/c1-7(2)19-10-14-8(12)13-9(15-10)16-11(3)4-5-20(17,18)6-11/h7H,4-6H2,1-3H3,(H3,12,13,14,15,16). The first-order valence-corrected chi connectivity index (χ1v) is 8.16. The molecule has 9 heteroatoms. The summed E-state index contributed by atoms with van der Waals surface area (Å²) in [5, 5.41) is 3.03. The Hall–Kier alpha value is -1.64. The number of nitrogens with two attached hydrogens (primary N) is 1. The average molecular weight is 301 g/mol. The number of aromatic nitrogens is 3. The Labute approximate surface area is 118 Å². The molecule has 2 heterocycles. The summed E-state index contributed by atoms with van der Waals surface area (Å²) >= 11 is 0. The van der Waals surface area contributed by atoms with Crippen molar-refractivity contribution in [1.82, 2.24) is 15.0 Å². The number of nitrogen functional groups attached to an aromatic ring is 1. The Bertz CT molecular complexity index is 604. The quantitative estimate of drug-likeness (QED) is 0.811. The number of hydrogen-bond donors (Lipinski definition) is 2. The molecule has 2 rings (SSSR count). The van der Waals surface area contributed by atoms with Crippen LogP contribution >= 0.6 is 0 Å². The summed E-state index contributed by atoms with van der Waals surface area (Å²) in [6.45, 7) is 5.51. The van der Waals surface area contributed by atoms with Gasteiger partial charge in [0, 0.05) is 0 Å². The van der Waals surface area contributed by atoms with Crippen LogP contribution in [0.2, 0.25) is 0 Å². The van der Waals surface area contributed by atoms with E-state index in [4.69, 9.17) is 10.5 Å². The third-order valence-corrected chi connectivity index (χ3v) is 4.79. The molecule has 1 aromatic rings. The zero-order chi connectivity index (χ0) is 15.0. The van der Waals surface area contributed by atoms with E-state index in [9.17, 15) is 8.42 Å². The van der Waals surface area contributed by atoms with E-state index in [2.05, 4.69) is 20.3 Å². The van der Waals surface area contributed by atoms with Gasteiger partial charge in [-0.05, 0) is 27.2 Å². The highest BCUT2D eigenvalue weighted by Gasteiger charge is 2.39. The number of nitrogens with one attached hydrogen (secondary N) is 1. The molecule has 20 heavy (non-hydrogen) atoms. The molecular formula is C11H19N5O3S. The third-order valence-electron chi connectivity index (χ3n) is 2.89. The Morgan fingerprint density at radius 1 is 1.35 bits per heavy atom. The molecule has 0 aliphatic carbocycles. The third kappa shape index (κ3) is 3.69. The van der Waals surface area contributed by atoms with Crippen LogP contribution in [0.5, 0.6) is 6.01 Å². The van der Waals surface area contributed by atoms with Gasteiger partial charge in [-0.25, -0.2) is 8.42 Å². The Morgan fingerprint density at radius 2 is 2.05 bits per heavy atom. The molecule has 0 bridgehead atoms. The monoisotopic (exact) mass is 301 g/mol. The fourth-order valence-electron chi connectivity index (χ4n) is 2.07. The number of anilines is 2. The van der Waals surface area contributed by atoms with Gasteiger partial charge >= 0.3 is 6.01 Å². The maximum atomic E-state index is 11.6. The Morgan fingerprint density at radius 3 is 2.60 bits per heavy atom. The second kappa shape index (κ2) is 5.04. The van der Waals surface area contributed by atoms with Gasteiger partial charge < -0.3 is 15.8 Å². The van der Waals surface area contributed by atoms with Crippen molar-refractivity contribution in [1.29, 1.82) is 0 Å². The highest BCUT2D eigenvalue weighted by Crippen LogP contribution is 2.26. The summed E-state index contributed by atoms with van der Waals surface area (Å²) < 4.78 is 28.5. The van der Waals surface area contributed by atoms with Gasteiger partial charge in [-0.2, -0.15) is 15.0 Å². The molecule has 0 spiro atoms. The summed E-state index contributed by atoms with van der Waals surface area (Å²) in [6, 6.07) is 0.124. The van der Waals surface area contributed by atoms with Crippen LogP contribution in [-0.2, 0) is 9.84 Å². The van der Waals surface area contributed by atoms with Crippen LogP contribution < -0.4 is 15.8 Å². The smallest absolute Gasteiger partial charge is 0.323 e. The van der Waals surface area contributed by atoms with Gasteiger partial charge in [-0.15, -0.1) is 0 Å². The van der Waals surface area contributed by atoms with E-state index in [0.717, 1.165) is 0 Å². The Kier molecular flexibility index (Phi) is 3.72. The van der Waals surface area contributed by atoms with Crippen molar-refractivity contribution in [3.8, 4) is 6.01 Å². The Balaban J connectivity index is 2.19. The second-order valence-corrected chi connectivity index (χ2v) is 7.68. The van der Waals surface area contributed by atoms with Gasteiger partial charge in [0.1, 0.15) is 0 Å². The topological polar surface area (TPSA) is 120 Å². The number of rotatable bonds is 4. The summed E-state index contributed by atoms with van der Waals surface area (Å²) in [5.74, 6) is 0.466. The first kappa shape index (κ1) is 14.8. The van der Waals surface area contributed by atoms with Gasteiger partial charge in [-0.1, -0.05) is 0 Å². The van der Waals surface area contributed by atoms with E-state index >= 15 is 0 Å². The fourth-order valence-corrected chi connectivity index (χ4v) is 4.16. The van der Waals surface area contributed by atoms with Crippen LogP contribution in [0.1, 0.15) is 27.2 Å². The predicted molar refractivity (Wildman–Crippen MR) is 75.3 cm³/mol. The number of hydrogen-bond acceptors (Lipinski definition) is 8. The minimum atomic E-state index is -3.01. The minimum absolute atomic E-state index is 0.0302. The molecule has 1 aliphatic heterocycles. The van der Waals surface area contributed by atoms with Gasteiger partial charge in [0.2, 0.25) is 11.9 Å². The molecule has 1 fully saturated rings. The van der Waals surface area contributed by atoms with E-state index < -0.39 is 15.4 Å². The molecule has 1 aromatic heterocycles. The van der Waals surface area contributed by atoms with Crippen molar-refractivity contribution in [3.05, 3.63) is 0 Å². The molecule has 1 unspecified atom stereocenters. The SMILES string of the molecule is CC(C)Oc1nc(N)nc(NC2(C)CCS(=O)(=O)C2)n1. The maximum absolute atomic E-state index is 11.6. The van der Waals surface area contributed by atoms with Crippen molar-refractivity contribution in [3.63, 3.8) is 0 Å². The normalized spacial score (nSPS) is 24.8. The van der Waals surface area contributed by atoms with Gasteiger partial charge in [0.25, 0.3) is 0 Å². The zero-order valence-electron chi connectivity index (χ0n) is 11.8. The van der Waals surface area contributed by atoms with Crippen molar-refractivity contribution >= 4 is 21.7 Å². The van der Waals surface area contributed by atoms with E-state index in [1.807, 2.05) is 20.8 Å². The van der Waals surface area contributed by atoms with Crippen molar-refractivity contribution < 1.29 is 13.2 Å². The molecule has 1 atom stereocenters. The molecular weight excluding hydrogens is 282 g/mol. The fraction of sp³-hybridized carbons (Fsp3) is 0.727. The van der Waals surface area contributed by atoms with E-state index in [1.165, 1.54) is 0 Å². The lowest BCUT2D eigenvalue weighted by Crippen LogP contribution is -2.36. The van der Waals surface area contributed by atoms with E-state index in [1.54, 1.807) is 0 Å². The molecule has 112 valence electrons. The molecule has 0 saturated carbocycles. The van der Waals surface area contributed by atoms with Gasteiger partial charge in [0.15, 0.2) is 9.84 Å². The van der Waals surface area contributed by atoms with Gasteiger partial charge in [-0.3, -0.25) is 0 Å². The lowest BCUT2D eigenvalue weighted by atomic mass is 10.0. The zero-order valence-corrected chi connectivity index (χ0v) is 12.6. The van der Waals surface area contributed by atoms with Crippen molar-refractivity contribution in [2.24, 2.45) is 0 Å². The van der Waals surface area contributed by atoms with Crippen molar-refractivity contribution in [2.75, 3.05) is 22.6 Å². The molecule has 3 N–H and O–H groups in total. The van der Waals surface area contributed by atoms with Gasteiger partial charge in [0.05, 0.1) is 23.1 Å². The van der Waals surface area contributed by atoms with Crippen molar-refractivity contribution in [2.45, 2.75) is 38.8 Å². The highest BCUT2D eigenvalue weighted by atomic mass is 32.2. The number of sulfone groups is 1. The maximum Gasteiger partial charge on any atom is 0.323 e. The molecule has 0 amide bonds. The molecule has 0 aromatic carbocycles. The molecule has 0 radical (unpaired) electrons. The second-order valence-electron chi connectivity index (χ2n) is 5.49. The van der Waals surface area contributed by atoms with Crippen LogP contribution in [0.3, 0.4) is 0 Å². The van der Waals surface area contributed by atoms with Crippen LogP contribution in [0.15, 0.2) is 0 Å². The van der Waals surface area contributed by atoms with Crippen LogP contribution in [0.4, 0.5) is 11.9 Å². The summed E-state index contributed by atoms with van der Waals surface area (Å²) in [7, 11) is -3.01. The van der Waals surface area contributed by atoms with E-state index in [0.29, 0.717) is 6.42 Å². The molecule has 8 nitrogen and oxygen atoms in total. The lowest BCUT2D eigenvalue weighted by molar-refractivity contribution is 0.222. The van der Waals surface area contributed by atoms with Crippen LogP contribution in [0.25, 0.3) is 0 Å². The molecule has 1 aliphatic rings. The minimum Gasteiger partial charge on any atom is -0.461 e. The molecule has 1 saturated heterocycles. The predicted octanol–water partition coefficient (Wildman–Crippen LogP) is 0.230. The van der Waals surface area contributed by atoms with E-state index in [-0.39, 0.29) is 35.5 Å². The first-order valence-electron chi connectivity index (χ1n) is 6.34. The van der Waals surface area contributed by atoms with Crippen LogP contribution in [-0.4, -0.2) is 46.5 Å². The number of nitrogens with zero attached hydrogens (tertiary/aromatic N) is 3.